The van der Waals surface area contributed by atoms with Crippen LogP contribution in [-0.4, -0.2) is 10.9 Å². The van der Waals surface area contributed by atoms with E-state index in [-0.39, 0.29) is 33.1 Å². The van der Waals surface area contributed by atoms with Crippen molar-refractivity contribution in [2.45, 2.75) is 6.18 Å². The van der Waals surface area contributed by atoms with Crippen molar-refractivity contribution < 1.29 is 26.7 Å². The Bertz CT molecular complexity index is 1360. The first-order valence-corrected chi connectivity index (χ1v) is 8.57. The number of aromatic nitrogens is 1. The van der Waals surface area contributed by atoms with Crippen LogP contribution < -0.4 is 10.7 Å². The molecule has 2 N–H and O–H groups in total. The van der Waals surface area contributed by atoms with Gasteiger partial charge in [-0.1, -0.05) is 6.07 Å². The maximum atomic E-state index is 14.2. The fraction of sp³-hybridized carbons (Fsp3) is 0.0476. The van der Waals surface area contributed by atoms with Crippen molar-refractivity contribution in [3.8, 4) is 0 Å². The van der Waals surface area contributed by atoms with Crippen LogP contribution >= 0.6 is 0 Å². The number of amides is 1. The number of fused-ring (bicyclic) bond motifs is 2. The second kappa shape index (κ2) is 6.94. The number of carbonyl (C=O) groups excluding carboxylic acids is 1. The lowest BCUT2D eigenvalue weighted by Crippen LogP contribution is -2.16. The van der Waals surface area contributed by atoms with Gasteiger partial charge in [-0.25, -0.2) is 8.78 Å². The third-order valence-corrected chi connectivity index (χ3v) is 4.57. The summed E-state index contributed by atoms with van der Waals surface area (Å²) in [6.07, 6.45) is -4.54. The van der Waals surface area contributed by atoms with Crippen molar-refractivity contribution in [1.29, 1.82) is 0 Å². The van der Waals surface area contributed by atoms with Gasteiger partial charge < -0.3 is 10.3 Å². The molecule has 4 aromatic rings. The van der Waals surface area contributed by atoms with Gasteiger partial charge in [-0.05, 0) is 48.5 Å². The molecule has 0 radical (unpaired) electrons. The number of alkyl halides is 3. The van der Waals surface area contributed by atoms with E-state index in [2.05, 4.69) is 10.3 Å². The third kappa shape index (κ3) is 3.38. The number of rotatable bonds is 2. The summed E-state index contributed by atoms with van der Waals surface area (Å²) in [4.78, 5) is 28.0. The zero-order valence-corrected chi connectivity index (χ0v) is 14.9. The smallest absolute Gasteiger partial charge is 0.351 e. The maximum absolute atomic E-state index is 14.2. The lowest BCUT2D eigenvalue weighted by atomic mass is 10.0. The second-order valence-electron chi connectivity index (χ2n) is 6.52. The molecule has 0 saturated heterocycles. The molecule has 3 aromatic carbocycles. The Hall–Kier alpha value is -3.75. The Labute approximate surface area is 165 Å². The van der Waals surface area contributed by atoms with E-state index in [1.165, 1.54) is 12.1 Å². The molecule has 4 nitrogen and oxygen atoms in total. The number of anilines is 1. The van der Waals surface area contributed by atoms with Crippen molar-refractivity contribution in [3.05, 3.63) is 87.6 Å². The van der Waals surface area contributed by atoms with Gasteiger partial charge in [-0.15, -0.1) is 0 Å². The number of aromatic amines is 1. The van der Waals surface area contributed by atoms with Gasteiger partial charge in [0, 0.05) is 16.5 Å². The van der Waals surface area contributed by atoms with Gasteiger partial charge in [0.1, 0.15) is 11.6 Å². The van der Waals surface area contributed by atoms with Gasteiger partial charge in [0.25, 0.3) is 5.91 Å². The number of nitrogens with one attached hydrogen (secondary N) is 2. The molecule has 1 amide bonds. The molecule has 9 heteroatoms. The molecule has 1 aromatic heterocycles. The van der Waals surface area contributed by atoms with Gasteiger partial charge >= 0.3 is 6.18 Å². The molecule has 4 rings (SSSR count). The summed E-state index contributed by atoms with van der Waals surface area (Å²) >= 11 is 0. The first kappa shape index (κ1) is 19.6. The Balaban J connectivity index is 1.82. The summed E-state index contributed by atoms with van der Waals surface area (Å²) in [5.74, 6) is -2.49. The Kier molecular flexibility index (Phi) is 4.53. The Morgan fingerprint density at radius 2 is 1.60 bits per heavy atom. The monoisotopic (exact) mass is 418 g/mol. The molecule has 152 valence electrons. The minimum Gasteiger partial charge on any atom is -0.351 e. The molecule has 0 aliphatic heterocycles. The standard InChI is InChI=1S/C21H11F5N2O2/c22-11-8-14-17(28-18-13(19(14)29)2-1-3-16(18)23)15(9-11)20(30)27-12-6-4-10(5-7-12)21(24,25)26/h1-9H,(H,27,30)(H,28,29). The highest BCUT2D eigenvalue weighted by Crippen LogP contribution is 2.30. The first-order chi connectivity index (χ1) is 14.1. The molecule has 0 saturated carbocycles. The molecule has 30 heavy (non-hydrogen) atoms. The van der Waals surface area contributed by atoms with Crippen LogP contribution in [0.3, 0.4) is 0 Å². The van der Waals surface area contributed by atoms with Crippen LogP contribution in [-0.2, 0) is 6.18 Å². The van der Waals surface area contributed by atoms with Gasteiger partial charge in [0.2, 0.25) is 0 Å². The van der Waals surface area contributed by atoms with Crippen LogP contribution in [0, 0.1) is 11.6 Å². The summed E-state index contributed by atoms with van der Waals surface area (Å²) in [6, 6.07) is 9.24. The number of pyridine rings is 1. The fourth-order valence-electron chi connectivity index (χ4n) is 3.15. The average molecular weight is 418 g/mol. The molecule has 0 aliphatic carbocycles. The van der Waals surface area contributed by atoms with E-state index >= 15 is 0 Å². The highest BCUT2D eigenvalue weighted by molar-refractivity contribution is 6.13. The van der Waals surface area contributed by atoms with E-state index in [1.807, 2.05) is 0 Å². The van der Waals surface area contributed by atoms with Crippen molar-refractivity contribution in [2.75, 3.05) is 5.32 Å². The van der Waals surface area contributed by atoms with Crippen molar-refractivity contribution in [1.82, 2.24) is 4.98 Å². The van der Waals surface area contributed by atoms with Crippen LogP contribution in [0.5, 0.6) is 0 Å². The normalized spacial score (nSPS) is 11.8. The predicted molar refractivity (Wildman–Crippen MR) is 101 cm³/mol. The second-order valence-corrected chi connectivity index (χ2v) is 6.52. The lowest BCUT2D eigenvalue weighted by Gasteiger charge is -2.11. The van der Waals surface area contributed by atoms with E-state index in [9.17, 15) is 31.5 Å². The largest absolute Gasteiger partial charge is 0.416 e. The number of benzene rings is 3. The van der Waals surface area contributed by atoms with Crippen LogP contribution in [0.2, 0.25) is 0 Å². The number of halogens is 5. The minimum atomic E-state index is -4.54. The van der Waals surface area contributed by atoms with E-state index in [4.69, 9.17) is 0 Å². The number of hydrogen-bond acceptors (Lipinski definition) is 2. The summed E-state index contributed by atoms with van der Waals surface area (Å²) in [5, 5.41) is 2.18. The number of hydrogen-bond donors (Lipinski definition) is 2. The number of carbonyl (C=O) groups is 1. The number of H-pyrrole nitrogens is 1. The highest BCUT2D eigenvalue weighted by atomic mass is 19.4. The molecule has 0 aliphatic rings. The molecule has 0 atom stereocenters. The molecular formula is C21H11F5N2O2. The molecular weight excluding hydrogens is 407 g/mol. The zero-order valence-electron chi connectivity index (χ0n) is 14.9. The average Bonchev–Trinajstić information content (AvgIpc) is 2.69. The van der Waals surface area contributed by atoms with Crippen molar-refractivity contribution in [3.63, 3.8) is 0 Å². The summed E-state index contributed by atoms with van der Waals surface area (Å²) in [7, 11) is 0. The summed E-state index contributed by atoms with van der Waals surface area (Å²) in [5.41, 5.74) is -2.08. The van der Waals surface area contributed by atoms with Gasteiger partial charge in [0.05, 0.1) is 22.2 Å². The minimum absolute atomic E-state index is 0.0119. The zero-order chi connectivity index (χ0) is 21.6. The van der Waals surface area contributed by atoms with Crippen LogP contribution in [0.25, 0.3) is 21.8 Å². The van der Waals surface area contributed by atoms with Gasteiger partial charge in [-0.3, -0.25) is 9.59 Å². The van der Waals surface area contributed by atoms with Crippen LogP contribution in [0.4, 0.5) is 27.6 Å². The Morgan fingerprint density at radius 3 is 2.27 bits per heavy atom. The molecule has 0 bridgehead atoms. The quantitative estimate of drug-likeness (QED) is 0.346. The third-order valence-electron chi connectivity index (χ3n) is 4.57. The molecule has 0 fully saturated rings. The van der Waals surface area contributed by atoms with E-state index in [0.29, 0.717) is 0 Å². The van der Waals surface area contributed by atoms with Crippen molar-refractivity contribution in [2.24, 2.45) is 0 Å². The first-order valence-electron chi connectivity index (χ1n) is 8.57. The number of para-hydroxylation sites is 1. The molecule has 0 spiro atoms. The van der Waals surface area contributed by atoms with Crippen LogP contribution in [0.15, 0.2) is 59.4 Å². The van der Waals surface area contributed by atoms with E-state index in [1.54, 1.807) is 0 Å². The Morgan fingerprint density at radius 1 is 0.900 bits per heavy atom. The summed E-state index contributed by atoms with van der Waals surface area (Å²) < 4.78 is 66.3. The lowest BCUT2D eigenvalue weighted by molar-refractivity contribution is -0.137. The summed E-state index contributed by atoms with van der Waals surface area (Å²) in [6.45, 7) is 0. The van der Waals surface area contributed by atoms with Crippen molar-refractivity contribution >= 4 is 33.4 Å². The van der Waals surface area contributed by atoms with Crippen LogP contribution in [0.1, 0.15) is 15.9 Å². The highest BCUT2D eigenvalue weighted by Gasteiger charge is 2.30. The molecule has 0 unspecified atom stereocenters. The van der Waals surface area contributed by atoms with E-state index in [0.717, 1.165) is 42.5 Å². The maximum Gasteiger partial charge on any atom is 0.416 e. The van der Waals surface area contributed by atoms with Gasteiger partial charge in [0.15, 0.2) is 5.43 Å². The topological polar surface area (TPSA) is 62.0 Å². The predicted octanol–water partition coefficient (Wildman–Crippen LogP) is 5.23. The van der Waals surface area contributed by atoms with E-state index < -0.39 is 34.7 Å². The SMILES string of the molecule is O=C(Nc1ccc(C(F)(F)F)cc1)c1cc(F)cc2c(=O)c3cccc(F)c3[nH]c12. The molecule has 1 heterocycles. The fourth-order valence-corrected chi connectivity index (χ4v) is 3.15. The van der Waals surface area contributed by atoms with Gasteiger partial charge in [-0.2, -0.15) is 13.2 Å².